The van der Waals surface area contributed by atoms with Crippen molar-refractivity contribution in [2.24, 2.45) is 0 Å². The monoisotopic (exact) mass is 144 g/mol. The third-order valence-electron chi connectivity index (χ3n) is 0.899. The molecule has 0 atom stereocenters. The molecule has 7 nitrogen and oxygen atoms in total. The Bertz CT molecular complexity index is 405. The predicted octanol–water partition coefficient (Wildman–Crippen LogP) is -3.30. The average molecular weight is 144 g/mol. The first kappa shape index (κ1) is 6.33. The van der Waals surface area contributed by atoms with Crippen LogP contribution in [0.4, 0.5) is 0 Å². The van der Waals surface area contributed by atoms with Gasteiger partial charge in [0.1, 0.15) is 4.43 Å². The fourth-order valence-electron chi connectivity index (χ4n) is 0.430. The normalized spacial score (nSPS) is 10.0. The van der Waals surface area contributed by atoms with E-state index in [0.717, 1.165) is 0 Å². The Morgan fingerprint density at radius 3 is 1.90 bits per heavy atom. The van der Waals surface area contributed by atoms with Gasteiger partial charge in [0, 0.05) is 0 Å². The van der Waals surface area contributed by atoms with E-state index >= 15 is 0 Å². The average Bonchev–Trinajstić information content (AvgIpc) is 2.07. The zero-order chi connectivity index (χ0) is 7.89. The molecule has 0 saturated carbocycles. The van der Waals surface area contributed by atoms with Gasteiger partial charge in [0.2, 0.25) is 0 Å². The number of hydrogen-bond acceptors (Lipinski definition) is 5. The second-order valence-corrected chi connectivity index (χ2v) is 1.48. The molecule has 0 aromatic carbocycles. The van der Waals surface area contributed by atoms with Gasteiger partial charge >= 0.3 is 16.8 Å². The lowest BCUT2D eigenvalue weighted by atomic mass is 10.9. The Kier molecular flexibility index (Phi) is 1.01. The molecule has 7 heteroatoms. The van der Waals surface area contributed by atoms with Crippen molar-refractivity contribution in [2.45, 2.75) is 0 Å². The van der Waals surface area contributed by atoms with Gasteiger partial charge in [-0.2, -0.15) is 4.79 Å². The van der Waals surface area contributed by atoms with Crippen molar-refractivity contribution in [2.75, 3.05) is 0 Å². The maximum atomic E-state index is 10.1. The Hall–Kier alpha value is -1.79. The smallest absolute Gasteiger partial charge is 0.551 e. The molecule has 0 radical (unpaired) electrons. The summed E-state index contributed by atoms with van der Waals surface area (Å²) in [6, 6.07) is 0. The largest absolute Gasteiger partial charge is 0.705 e. The van der Waals surface area contributed by atoms with Crippen molar-refractivity contribution < 1.29 is 4.43 Å². The summed E-state index contributed by atoms with van der Waals surface area (Å²) in [5.41, 5.74) is -4.96. The zero-order valence-electron chi connectivity index (χ0n) is 4.44. The second kappa shape index (κ2) is 1.59. The lowest BCUT2D eigenvalue weighted by molar-refractivity contribution is -0.527. The second-order valence-electron chi connectivity index (χ2n) is 1.48. The van der Waals surface area contributed by atoms with Gasteiger partial charge in [0.05, 0.1) is 0 Å². The van der Waals surface area contributed by atoms with E-state index < -0.39 is 26.0 Å². The highest BCUT2D eigenvalue weighted by molar-refractivity contribution is 4.73. The van der Waals surface area contributed by atoms with Crippen molar-refractivity contribution in [3.8, 4) is 0 Å². The third kappa shape index (κ3) is 0.508. The highest BCUT2D eigenvalue weighted by atomic mass is 16.5. The molecule has 0 fully saturated rings. The molecule has 0 aliphatic carbocycles. The predicted molar refractivity (Wildman–Crippen MR) is 27.7 cm³/mol. The first-order chi connectivity index (χ1) is 4.55. The summed E-state index contributed by atoms with van der Waals surface area (Å²) in [7, 11) is 0. The van der Waals surface area contributed by atoms with E-state index in [1.54, 1.807) is 0 Å². The van der Waals surface area contributed by atoms with Crippen LogP contribution >= 0.6 is 0 Å². The molecular weight excluding hydrogens is 144 g/mol. The van der Waals surface area contributed by atoms with Gasteiger partial charge in [-0.25, -0.2) is 9.59 Å². The van der Waals surface area contributed by atoms with Crippen LogP contribution in [-0.2, 0) is 0 Å². The fraction of sp³-hybridized carbons (Fsp3) is 0. The molecule has 0 spiro atoms. The molecule has 1 rings (SSSR count). The number of rotatable bonds is 0. The molecule has 1 heterocycles. The van der Waals surface area contributed by atoms with Crippen molar-refractivity contribution in [3.63, 3.8) is 0 Å². The van der Waals surface area contributed by atoms with Gasteiger partial charge in [-0.05, 0) is 0 Å². The summed E-state index contributed by atoms with van der Waals surface area (Å²) in [5, 5.41) is 10.1. The van der Waals surface area contributed by atoms with Gasteiger partial charge in [0.15, 0.2) is 0 Å². The first-order valence-electron chi connectivity index (χ1n) is 2.12. The minimum atomic E-state index is -1.69. The van der Waals surface area contributed by atoms with Crippen LogP contribution in [0.25, 0.3) is 0 Å². The Morgan fingerprint density at radius 2 is 1.80 bits per heavy atom. The minimum absolute atomic E-state index is 0.782. The summed E-state index contributed by atoms with van der Waals surface area (Å²) in [4.78, 5) is 40.4. The molecule has 52 valence electrons. The molecule has 1 aromatic heterocycles. The van der Waals surface area contributed by atoms with Crippen molar-refractivity contribution >= 4 is 0 Å². The molecule has 0 unspecified atom stereocenters. The van der Waals surface area contributed by atoms with Crippen LogP contribution in [0.1, 0.15) is 0 Å². The van der Waals surface area contributed by atoms with Crippen LogP contribution in [0.5, 0.6) is 0 Å². The lowest BCUT2D eigenvalue weighted by Crippen LogP contribution is -2.46. The summed E-state index contributed by atoms with van der Waals surface area (Å²) in [5.74, 6) is 0. The number of aromatic nitrogens is 2. The van der Waals surface area contributed by atoms with Crippen LogP contribution in [-0.4, -0.2) is 4.73 Å². The summed E-state index contributed by atoms with van der Waals surface area (Å²) in [6.45, 7) is 0. The van der Waals surface area contributed by atoms with Crippen LogP contribution in [0.3, 0.4) is 0 Å². The number of imidazole rings is 1. The van der Waals surface area contributed by atoms with Crippen molar-refractivity contribution in [1.29, 1.82) is 0 Å². The van der Waals surface area contributed by atoms with Crippen LogP contribution in [0, 0.1) is 10.1 Å². The standard InChI is InChI=1S/C3N2O5/c6-1-2(7)5(10)3(8)4(1)9. The maximum absolute atomic E-state index is 10.1. The topological polar surface area (TPSA) is 102 Å². The molecule has 1 aromatic rings. The fourth-order valence-corrected chi connectivity index (χ4v) is 0.430. The summed E-state index contributed by atoms with van der Waals surface area (Å²) in [6.07, 6.45) is 0. The summed E-state index contributed by atoms with van der Waals surface area (Å²) < 4.78 is -1.56. The van der Waals surface area contributed by atoms with E-state index in [-0.39, 0.29) is 0 Å². The van der Waals surface area contributed by atoms with Gasteiger partial charge in [-0.1, -0.05) is 4.91 Å². The van der Waals surface area contributed by atoms with Gasteiger partial charge < -0.3 is 5.21 Å². The highest BCUT2D eigenvalue weighted by Gasteiger charge is 2.18. The van der Waals surface area contributed by atoms with Crippen molar-refractivity contribution in [1.82, 2.24) is 4.73 Å². The molecular formula is C3N2O5. The van der Waals surface area contributed by atoms with Crippen LogP contribution in [0.15, 0.2) is 14.4 Å². The molecule has 0 N–H and O–H groups in total. The SMILES string of the molecule is O=c1c(=O)[n+](=O)c(=O)n1[O-]. The van der Waals surface area contributed by atoms with E-state index in [1.807, 2.05) is 0 Å². The molecule has 0 saturated heterocycles. The lowest BCUT2D eigenvalue weighted by Gasteiger charge is -1.81. The molecule has 0 amide bonds. The molecule has 0 aliphatic heterocycles. The van der Waals surface area contributed by atoms with Gasteiger partial charge in [-0.3, -0.25) is 0 Å². The van der Waals surface area contributed by atoms with Gasteiger partial charge in [0.25, 0.3) is 0 Å². The number of nitrogens with zero attached hydrogens (tertiary/aromatic N) is 2. The minimum Gasteiger partial charge on any atom is -0.705 e. The molecule has 0 bridgehead atoms. The quantitative estimate of drug-likeness (QED) is 0.280. The van der Waals surface area contributed by atoms with E-state index in [9.17, 15) is 24.5 Å². The zero-order valence-corrected chi connectivity index (χ0v) is 4.44. The molecule has 0 aliphatic rings. The van der Waals surface area contributed by atoms with E-state index in [2.05, 4.69) is 0 Å². The Balaban J connectivity index is 4.18. The summed E-state index contributed by atoms with van der Waals surface area (Å²) >= 11 is 0. The molecule has 10 heavy (non-hydrogen) atoms. The first-order valence-corrected chi connectivity index (χ1v) is 2.12. The third-order valence-corrected chi connectivity index (χ3v) is 0.899. The van der Waals surface area contributed by atoms with Gasteiger partial charge in [-0.15, -0.1) is 4.73 Å². The van der Waals surface area contributed by atoms with E-state index in [0.29, 0.717) is 0 Å². The highest BCUT2D eigenvalue weighted by Crippen LogP contribution is 1.43. The van der Waals surface area contributed by atoms with E-state index in [4.69, 9.17) is 0 Å². The van der Waals surface area contributed by atoms with Crippen LogP contribution < -0.4 is 21.2 Å². The van der Waals surface area contributed by atoms with Crippen LogP contribution in [0.2, 0.25) is 0 Å². The van der Waals surface area contributed by atoms with E-state index in [1.165, 1.54) is 0 Å². The Labute approximate surface area is 51.7 Å². The Morgan fingerprint density at radius 1 is 1.30 bits per heavy atom. The van der Waals surface area contributed by atoms with Crippen molar-refractivity contribution in [3.05, 3.63) is 41.3 Å². The number of hydrogen-bond donors (Lipinski definition) is 0. The maximum Gasteiger partial charge on any atom is 0.551 e.